The second-order valence-electron chi connectivity index (χ2n) is 3.80. The predicted octanol–water partition coefficient (Wildman–Crippen LogP) is 3.13. The van der Waals surface area contributed by atoms with Crippen molar-refractivity contribution in [3.8, 4) is 5.75 Å². The van der Waals surface area contributed by atoms with Gasteiger partial charge >= 0.3 is 0 Å². The molecule has 0 aliphatic heterocycles. The second-order valence-corrected chi connectivity index (χ2v) is 4.72. The van der Waals surface area contributed by atoms with E-state index < -0.39 is 0 Å². The van der Waals surface area contributed by atoms with Crippen LogP contribution in [0, 0.1) is 0 Å². The summed E-state index contributed by atoms with van der Waals surface area (Å²) < 4.78 is 6.31. The van der Waals surface area contributed by atoms with E-state index >= 15 is 0 Å². The van der Waals surface area contributed by atoms with Gasteiger partial charge in [-0.3, -0.25) is 4.79 Å². The number of hydrogen-bond acceptors (Lipinski definition) is 2. The predicted molar refractivity (Wildman–Crippen MR) is 72.2 cm³/mol. The molecule has 0 radical (unpaired) electrons. The van der Waals surface area contributed by atoms with Crippen LogP contribution >= 0.6 is 15.9 Å². The van der Waals surface area contributed by atoms with Crippen molar-refractivity contribution in [2.75, 3.05) is 13.2 Å². The van der Waals surface area contributed by atoms with Gasteiger partial charge in [0.25, 0.3) is 5.91 Å². The summed E-state index contributed by atoms with van der Waals surface area (Å²) in [6, 6.07) is 7.45. The molecule has 0 saturated carbocycles. The number of nitrogens with one attached hydrogen (secondary N) is 1. The zero-order valence-electron chi connectivity index (χ0n) is 10.0. The first-order valence-corrected chi connectivity index (χ1v) is 6.66. The van der Waals surface area contributed by atoms with E-state index in [-0.39, 0.29) is 12.5 Å². The number of rotatable bonds is 7. The molecule has 17 heavy (non-hydrogen) atoms. The van der Waals surface area contributed by atoms with E-state index in [1.54, 1.807) is 0 Å². The topological polar surface area (TPSA) is 38.3 Å². The van der Waals surface area contributed by atoms with Crippen molar-refractivity contribution in [1.29, 1.82) is 0 Å². The third kappa shape index (κ3) is 6.31. The van der Waals surface area contributed by atoms with Gasteiger partial charge in [-0.15, -0.1) is 0 Å². The molecule has 0 aliphatic rings. The van der Waals surface area contributed by atoms with Crippen LogP contribution in [0.2, 0.25) is 0 Å². The minimum atomic E-state index is -0.0684. The lowest BCUT2D eigenvalue weighted by Crippen LogP contribution is -2.29. The van der Waals surface area contributed by atoms with Gasteiger partial charge in [-0.1, -0.05) is 41.8 Å². The van der Waals surface area contributed by atoms with Crippen molar-refractivity contribution < 1.29 is 9.53 Å². The summed E-state index contributed by atoms with van der Waals surface area (Å²) in [5, 5.41) is 2.83. The van der Waals surface area contributed by atoms with Crippen LogP contribution < -0.4 is 10.1 Å². The van der Waals surface area contributed by atoms with E-state index in [1.165, 1.54) is 0 Å². The minimum Gasteiger partial charge on any atom is -0.484 e. The molecule has 0 atom stereocenters. The summed E-state index contributed by atoms with van der Waals surface area (Å²) in [5.74, 6) is 0.629. The van der Waals surface area contributed by atoms with E-state index in [9.17, 15) is 4.79 Å². The maximum absolute atomic E-state index is 11.4. The Kier molecular flexibility index (Phi) is 6.70. The quantitative estimate of drug-likeness (QED) is 0.786. The van der Waals surface area contributed by atoms with Crippen LogP contribution in [0.1, 0.15) is 26.2 Å². The van der Waals surface area contributed by atoms with E-state index in [0.29, 0.717) is 5.75 Å². The Morgan fingerprint density at radius 2 is 2.24 bits per heavy atom. The number of hydrogen-bond donors (Lipinski definition) is 1. The van der Waals surface area contributed by atoms with Crippen molar-refractivity contribution in [2.24, 2.45) is 0 Å². The zero-order valence-corrected chi connectivity index (χ0v) is 11.6. The highest BCUT2D eigenvalue weighted by atomic mass is 79.9. The van der Waals surface area contributed by atoms with Gasteiger partial charge in [-0.25, -0.2) is 0 Å². The van der Waals surface area contributed by atoms with Crippen molar-refractivity contribution in [1.82, 2.24) is 5.32 Å². The molecule has 0 aromatic heterocycles. The van der Waals surface area contributed by atoms with Crippen LogP contribution in [0.3, 0.4) is 0 Å². The summed E-state index contributed by atoms with van der Waals surface area (Å²) in [6.07, 6.45) is 3.33. The van der Waals surface area contributed by atoms with Gasteiger partial charge in [-0.05, 0) is 24.6 Å². The molecule has 1 rings (SSSR count). The van der Waals surface area contributed by atoms with Crippen LogP contribution in [0.4, 0.5) is 0 Å². The summed E-state index contributed by atoms with van der Waals surface area (Å²) >= 11 is 3.35. The van der Waals surface area contributed by atoms with Gasteiger partial charge < -0.3 is 10.1 Å². The number of benzene rings is 1. The van der Waals surface area contributed by atoms with Crippen molar-refractivity contribution in [2.45, 2.75) is 26.2 Å². The molecule has 0 spiro atoms. The van der Waals surface area contributed by atoms with Gasteiger partial charge in [0.05, 0.1) is 0 Å². The Bertz CT molecular complexity index is 355. The monoisotopic (exact) mass is 299 g/mol. The standard InChI is InChI=1S/C13H18BrNO2/c1-2-3-4-8-15-13(16)10-17-12-7-5-6-11(14)9-12/h5-7,9H,2-4,8,10H2,1H3,(H,15,16). The molecule has 0 saturated heterocycles. The van der Waals surface area contributed by atoms with E-state index in [2.05, 4.69) is 28.2 Å². The van der Waals surface area contributed by atoms with Crippen LogP contribution in [-0.4, -0.2) is 19.1 Å². The van der Waals surface area contributed by atoms with Crippen molar-refractivity contribution in [3.05, 3.63) is 28.7 Å². The molecule has 1 aromatic rings. The minimum absolute atomic E-state index is 0.0684. The Balaban J connectivity index is 2.19. The number of carbonyl (C=O) groups is 1. The van der Waals surface area contributed by atoms with E-state index in [0.717, 1.165) is 30.3 Å². The largest absolute Gasteiger partial charge is 0.484 e. The molecule has 4 heteroatoms. The lowest BCUT2D eigenvalue weighted by molar-refractivity contribution is -0.123. The molecule has 0 bridgehead atoms. The Morgan fingerprint density at radius 3 is 2.94 bits per heavy atom. The molecule has 3 nitrogen and oxygen atoms in total. The molecule has 0 fully saturated rings. The Hall–Kier alpha value is -1.03. The van der Waals surface area contributed by atoms with Gasteiger partial charge in [0, 0.05) is 11.0 Å². The number of carbonyl (C=O) groups excluding carboxylic acids is 1. The van der Waals surface area contributed by atoms with Crippen LogP contribution in [0.5, 0.6) is 5.75 Å². The molecule has 1 amide bonds. The molecule has 94 valence electrons. The molecular formula is C13H18BrNO2. The molecule has 0 heterocycles. The van der Waals surface area contributed by atoms with Crippen LogP contribution in [0.25, 0.3) is 0 Å². The average molecular weight is 300 g/mol. The number of unbranched alkanes of at least 4 members (excludes halogenated alkanes) is 2. The number of amides is 1. The molecule has 0 aliphatic carbocycles. The molecule has 0 unspecified atom stereocenters. The number of ether oxygens (including phenoxy) is 1. The van der Waals surface area contributed by atoms with E-state index in [1.807, 2.05) is 24.3 Å². The summed E-state index contributed by atoms with van der Waals surface area (Å²) in [4.78, 5) is 11.4. The fraction of sp³-hybridized carbons (Fsp3) is 0.462. The average Bonchev–Trinajstić information content (AvgIpc) is 2.32. The van der Waals surface area contributed by atoms with Gasteiger partial charge in [0.2, 0.25) is 0 Å². The summed E-state index contributed by atoms with van der Waals surface area (Å²) in [6.45, 7) is 2.94. The third-order valence-corrected chi connectivity index (χ3v) is 2.76. The van der Waals surface area contributed by atoms with Crippen LogP contribution in [-0.2, 0) is 4.79 Å². The Labute approximate surface area is 111 Å². The lowest BCUT2D eigenvalue weighted by Gasteiger charge is -2.07. The number of halogens is 1. The fourth-order valence-electron chi connectivity index (χ4n) is 1.36. The second kappa shape index (κ2) is 8.12. The zero-order chi connectivity index (χ0) is 12.5. The van der Waals surface area contributed by atoms with Crippen molar-refractivity contribution >= 4 is 21.8 Å². The fourth-order valence-corrected chi connectivity index (χ4v) is 1.74. The maximum Gasteiger partial charge on any atom is 0.257 e. The SMILES string of the molecule is CCCCCNC(=O)COc1cccc(Br)c1. The first-order valence-electron chi connectivity index (χ1n) is 5.87. The highest BCUT2D eigenvalue weighted by molar-refractivity contribution is 9.10. The third-order valence-electron chi connectivity index (χ3n) is 2.27. The Morgan fingerprint density at radius 1 is 1.41 bits per heavy atom. The van der Waals surface area contributed by atoms with Gasteiger partial charge in [-0.2, -0.15) is 0 Å². The van der Waals surface area contributed by atoms with Gasteiger partial charge in [0.1, 0.15) is 5.75 Å². The highest BCUT2D eigenvalue weighted by Gasteiger charge is 2.01. The molecule has 1 aromatic carbocycles. The van der Waals surface area contributed by atoms with Gasteiger partial charge in [0.15, 0.2) is 6.61 Å². The van der Waals surface area contributed by atoms with Crippen molar-refractivity contribution in [3.63, 3.8) is 0 Å². The first kappa shape index (κ1) is 14.0. The smallest absolute Gasteiger partial charge is 0.257 e. The summed E-state index contributed by atoms with van der Waals surface area (Å²) in [7, 11) is 0. The van der Waals surface area contributed by atoms with E-state index in [4.69, 9.17) is 4.74 Å². The lowest BCUT2D eigenvalue weighted by atomic mass is 10.2. The maximum atomic E-state index is 11.4. The summed E-state index contributed by atoms with van der Waals surface area (Å²) in [5.41, 5.74) is 0. The molecular weight excluding hydrogens is 282 g/mol. The molecule has 1 N–H and O–H groups in total. The first-order chi connectivity index (χ1) is 8.22. The highest BCUT2D eigenvalue weighted by Crippen LogP contribution is 2.17. The normalized spacial score (nSPS) is 10.0. The van der Waals surface area contributed by atoms with Crippen LogP contribution in [0.15, 0.2) is 28.7 Å².